The molecule has 15 nitrogen and oxygen atoms in total. The lowest BCUT2D eigenvalue weighted by molar-refractivity contribution is -0.287. The Bertz CT molecular complexity index is 639. The predicted octanol–water partition coefficient (Wildman–Crippen LogP) is -0.392. The van der Waals surface area contributed by atoms with Crippen LogP contribution >= 0.6 is 23.5 Å². The van der Waals surface area contributed by atoms with Gasteiger partial charge in [0, 0.05) is 13.7 Å². The maximum Gasteiger partial charge on any atom is 0.470 e. The standard InChI is InChI=1S/C11H25O15P3/c1-3-4-5-22-6-7-8(24-27(12,13)14)9(25-28(15,16)17)10(11(21-2)23-7)26-29(18,19)20/h7-11H,3-6H2,1-2H3,(H2,12,13,14)(H2,15,16,17)(H2,18,19,20)/t7-,8+,9+,10-,11?/m1/s1. The number of rotatable bonds is 12. The molecule has 1 fully saturated rings. The Morgan fingerprint density at radius 1 is 0.828 bits per heavy atom. The van der Waals surface area contributed by atoms with Gasteiger partial charge in [0.05, 0.1) is 6.61 Å². The van der Waals surface area contributed by atoms with Crippen LogP contribution in [0, 0.1) is 0 Å². The maximum absolute atomic E-state index is 11.4. The number of phosphoric ester groups is 3. The van der Waals surface area contributed by atoms with E-state index >= 15 is 0 Å². The smallest absolute Gasteiger partial charge is 0.379 e. The van der Waals surface area contributed by atoms with Crippen LogP contribution in [0.15, 0.2) is 0 Å². The molecule has 0 aliphatic carbocycles. The van der Waals surface area contributed by atoms with Gasteiger partial charge in [-0.15, -0.1) is 0 Å². The summed E-state index contributed by atoms with van der Waals surface area (Å²) in [7, 11) is -14.9. The molecule has 0 bridgehead atoms. The summed E-state index contributed by atoms with van der Waals surface area (Å²) in [6.45, 7) is 1.74. The van der Waals surface area contributed by atoms with Crippen molar-refractivity contribution in [2.24, 2.45) is 0 Å². The van der Waals surface area contributed by atoms with Gasteiger partial charge in [-0.25, -0.2) is 13.7 Å². The van der Waals surface area contributed by atoms with Gasteiger partial charge < -0.3 is 43.6 Å². The number of phosphoric acid groups is 3. The van der Waals surface area contributed by atoms with Crippen molar-refractivity contribution < 1.29 is 70.8 Å². The first kappa shape index (κ1) is 27.2. The van der Waals surface area contributed by atoms with Crippen LogP contribution in [-0.4, -0.2) is 80.4 Å². The highest BCUT2D eigenvalue weighted by molar-refractivity contribution is 7.47. The average Bonchev–Trinajstić information content (AvgIpc) is 2.52. The van der Waals surface area contributed by atoms with Crippen LogP contribution in [0.2, 0.25) is 0 Å². The molecule has 0 aromatic heterocycles. The lowest BCUT2D eigenvalue weighted by Crippen LogP contribution is -2.61. The molecule has 1 unspecified atom stereocenters. The van der Waals surface area contributed by atoms with Crippen LogP contribution < -0.4 is 0 Å². The molecule has 0 spiro atoms. The zero-order chi connectivity index (χ0) is 22.5. The topological polar surface area (TPSA) is 228 Å². The van der Waals surface area contributed by atoms with Crippen molar-refractivity contribution >= 4 is 23.5 Å². The van der Waals surface area contributed by atoms with Crippen molar-refractivity contribution in [2.75, 3.05) is 20.3 Å². The molecular formula is C11H25O15P3. The minimum atomic E-state index is -5.36. The summed E-state index contributed by atoms with van der Waals surface area (Å²) in [6.07, 6.45) is -7.75. The summed E-state index contributed by atoms with van der Waals surface area (Å²) < 4.78 is 63.1. The fraction of sp³-hybridized carbons (Fsp3) is 1.00. The average molecular weight is 490 g/mol. The van der Waals surface area contributed by atoms with Crippen molar-refractivity contribution in [3.8, 4) is 0 Å². The largest absolute Gasteiger partial charge is 0.470 e. The number of hydrogen-bond donors (Lipinski definition) is 6. The fourth-order valence-corrected chi connectivity index (χ4v) is 4.15. The molecule has 0 aromatic rings. The molecule has 6 N–H and O–H groups in total. The minimum Gasteiger partial charge on any atom is -0.379 e. The molecule has 1 heterocycles. The van der Waals surface area contributed by atoms with Gasteiger partial charge >= 0.3 is 23.5 Å². The van der Waals surface area contributed by atoms with E-state index in [1.807, 2.05) is 6.92 Å². The highest BCUT2D eigenvalue weighted by Crippen LogP contribution is 2.50. The van der Waals surface area contributed by atoms with Crippen LogP contribution in [-0.2, 0) is 41.5 Å². The van der Waals surface area contributed by atoms with E-state index < -0.39 is 54.2 Å². The summed E-state index contributed by atoms with van der Waals surface area (Å²) >= 11 is 0. The normalized spacial score (nSPS) is 29.2. The molecule has 0 aromatic carbocycles. The van der Waals surface area contributed by atoms with E-state index in [0.29, 0.717) is 6.42 Å². The van der Waals surface area contributed by atoms with Crippen molar-refractivity contribution in [3.05, 3.63) is 0 Å². The summed E-state index contributed by atoms with van der Waals surface area (Å²) in [5, 5.41) is 0. The molecule has 1 aliphatic rings. The zero-order valence-electron chi connectivity index (χ0n) is 15.4. The van der Waals surface area contributed by atoms with Gasteiger partial charge in [-0.3, -0.25) is 13.6 Å². The number of unbranched alkanes of at least 4 members (excludes halogenated alkanes) is 1. The van der Waals surface area contributed by atoms with Crippen LogP contribution in [0.1, 0.15) is 19.8 Å². The van der Waals surface area contributed by atoms with Gasteiger partial charge in [0.2, 0.25) is 0 Å². The third kappa shape index (κ3) is 10.4. The molecule has 174 valence electrons. The Morgan fingerprint density at radius 2 is 1.31 bits per heavy atom. The van der Waals surface area contributed by atoms with Crippen LogP contribution in [0.25, 0.3) is 0 Å². The van der Waals surface area contributed by atoms with Crippen molar-refractivity contribution in [1.29, 1.82) is 0 Å². The second-order valence-electron chi connectivity index (χ2n) is 5.89. The Balaban J connectivity index is 3.29. The lowest BCUT2D eigenvalue weighted by Gasteiger charge is -2.44. The van der Waals surface area contributed by atoms with Crippen molar-refractivity contribution in [2.45, 2.75) is 50.5 Å². The minimum absolute atomic E-state index is 0.225. The van der Waals surface area contributed by atoms with E-state index in [-0.39, 0.29) is 13.2 Å². The molecule has 1 rings (SSSR count). The fourth-order valence-electron chi connectivity index (χ4n) is 2.48. The number of methoxy groups -OCH3 is 1. The molecule has 5 atom stereocenters. The van der Waals surface area contributed by atoms with Gasteiger partial charge in [-0.05, 0) is 6.42 Å². The highest BCUT2D eigenvalue weighted by Gasteiger charge is 2.54. The van der Waals surface area contributed by atoms with E-state index in [0.717, 1.165) is 13.5 Å². The molecule has 0 amide bonds. The number of ether oxygens (including phenoxy) is 3. The Morgan fingerprint density at radius 3 is 1.76 bits per heavy atom. The maximum atomic E-state index is 11.4. The summed E-state index contributed by atoms with van der Waals surface area (Å²) in [6, 6.07) is 0. The van der Waals surface area contributed by atoms with E-state index in [4.69, 9.17) is 24.0 Å². The first-order valence-corrected chi connectivity index (χ1v) is 12.7. The van der Waals surface area contributed by atoms with Gasteiger partial charge in [-0.2, -0.15) is 0 Å². The van der Waals surface area contributed by atoms with Gasteiger partial charge in [0.15, 0.2) is 6.29 Å². The molecule has 18 heteroatoms. The highest BCUT2D eigenvalue weighted by atomic mass is 31.2. The van der Waals surface area contributed by atoms with Crippen molar-refractivity contribution in [3.63, 3.8) is 0 Å². The van der Waals surface area contributed by atoms with Crippen LogP contribution in [0.3, 0.4) is 0 Å². The summed E-state index contributed by atoms with van der Waals surface area (Å²) in [5.74, 6) is 0. The van der Waals surface area contributed by atoms with E-state index in [1.54, 1.807) is 0 Å². The first-order valence-electron chi connectivity index (χ1n) is 8.14. The van der Waals surface area contributed by atoms with E-state index in [2.05, 4.69) is 13.6 Å². The second-order valence-corrected chi connectivity index (χ2v) is 9.46. The van der Waals surface area contributed by atoms with Crippen LogP contribution in [0.5, 0.6) is 0 Å². The van der Waals surface area contributed by atoms with E-state index in [1.165, 1.54) is 0 Å². The van der Waals surface area contributed by atoms with Gasteiger partial charge in [-0.1, -0.05) is 13.3 Å². The molecule has 0 saturated carbocycles. The molecular weight excluding hydrogens is 465 g/mol. The SMILES string of the molecule is CCCCOC[C@H]1OC(OC)[C@H](OP(=O)(O)O)[C@@H](OP(=O)(O)O)[C@H]1OP(=O)(O)O. The zero-order valence-corrected chi connectivity index (χ0v) is 18.1. The molecule has 0 radical (unpaired) electrons. The second kappa shape index (κ2) is 11.2. The van der Waals surface area contributed by atoms with Gasteiger partial charge in [0.1, 0.15) is 24.4 Å². The van der Waals surface area contributed by atoms with Crippen molar-refractivity contribution in [1.82, 2.24) is 0 Å². The monoisotopic (exact) mass is 490 g/mol. The summed E-state index contributed by atoms with van der Waals surface area (Å²) in [4.78, 5) is 54.9. The van der Waals surface area contributed by atoms with E-state index in [9.17, 15) is 33.3 Å². The van der Waals surface area contributed by atoms with Gasteiger partial charge in [0.25, 0.3) is 0 Å². The molecule has 29 heavy (non-hydrogen) atoms. The number of hydrogen-bond acceptors (Lipinski definition) is 9. The third-order valence-corrected chi connectivity index (χ3v) is 5.08. The first-order chi connectivity index (χ1) is 13.2. The Hall–Kier alpha value is 0.210. The predicted molar refractivity (Wildman–Crippen MR) is 92.1 cm³/mol. The third-order valence-electron chi connectivity index (χ3n) is 3.52. The Kier molecular flexibility index (Phi) is 10.5. The van der Waals surface area contributed by atoms with Crippen LogP contribution in [0.4, 0.5) is 0 Å². The molecule has 1 saturated heterocycles. The quantitative estimate of drug-likeness (QED) is 0.151. The molecule has 1 aliphatic heterocycles. The summed E-state index contributed by atoms with van der Waals surface area (Å²) in [5.41, 5.74) is 0. The Labute approximate surface area is 165 Å². The lowest BCUT2D eigenvalue weighted by atomic mass is 9.99.